The Morgan fingerprint density at radius 2 is 1.44 bits per heavy atom. The molecule has 126 valence electrons. The molecule has 25 heavy (non-hydrogen) atoms. The summed E-state index contributed by atoms with van der Waals surface area (Å²) < 4.78 is 16.4. The number of hydrogen-bond donors (Lipinski definition) is 0. The summed E-state index contributed by atoms with van der Waals surface area (Å²) in [5, 5.41) is 0. The molecule has 3 fully saturated rings. The molecule has 2 aromatic rings. The zero-order valence-corrected chi connectivity index (χ0v) is 13.2. The van der Waals surface area contributed by atoms with Crippen molar-refractivity contribution >= 4 is 0 Å². The number of ether oxygens (including phenoxy) is 2. The largest absolute Gasteiger partial charge is 0.380 e. The van der Waals surface area contributed by atoms with Gasteiger partial charge in [0.25, 0.3) is 0 Å². The molecule has 6 aliphatic rings. The monoisotopic (exact) mass is 337 g/mol. The zero-order valence-electron chi connectivity index (χ0n) is 13.2. The number of hydrogen-bond acceptors (Lipinski definition) is 4. The molecular formula is C18H15N3O4. The van der Waals surface area contributed by atoms with Gasteiger partial charge in [0.05, 0.1) is 54.0 Å². The summed E-state index contributed by atoms with van der Waals surface area (Å²) in [6.45, 7) is 1.19. The van der Waals surface area contributed by atoms with Gasteiger partial charge in [0.2, 0.25) is 0 Å². The molecule has 7 heteroatoms. The second kappa shape index (κ2) is 3.59. The van der Waals surface area contributed by atoms with Crippen LogP contribution in [-0.2, 0) is 9.47 Å². The number of benzene rings is 1. The van der Waals surface area contributed by atoms with Crippen LogP contribution in [-0.4, -0.2) is 39.4 Å². The predicted octanol–water partition coefficient (Wildman–Crippen LogP) is 0.250. The summed E-state index contributed by atoms with van der Waals surface area (Å²) in [7, 11) is 0. The summed E-state index contributed by atoms with van der Waals surface area (Å²) in [5.74, 6) is 0. The highest BCUT2D eigenvalue weighted by molar-refractivity contribution is 5.42. The van der Waals surface area contributed by atoms with Crippen molar-refractivity contribution in [2.24, 2.45) is 10.8 Å². The van der Waals surface area contributed by atoms with Gasteiger partial charge in [-0.3, -0.25) is 0 Å². The van der Waals surface area contributed by atoms with E-state index in [-0.39, 0.29) is 46.5 Å². The third-order valence-electron chi connectivity index (χ3n) is 7.13. The summed E-state index contributed by atoms with van der Waals surface area (Å²) in [4.78, 5) is 26.4. The molecular weight excluding hydrogens is 322 g/mol. The highest BCUT2D eigenvalue weighted by Gasteiger charge is 2.90. The molecule has 1 aromatic heterocycles. The minimum absolute atomic E-state index is 0.156. The minimum atomic E-state index is -0.283. The van der Waals surface area contributed by atoms with Crippen LogP contribution in [0.25, 0.3) is 5.69 Å². The maximum atomic E-state index is 13.2. The third kappa shape index (κ3) is 1.04. The fourth-order valence-corrected chi connectivity index (χ4v) is 6.14. The highest BCUT2D eigenvalue weighted by atomic mass is 16.6. The fourth-order valence-electron chi connectivity index (χ4n) is 6.14. The van der Waals surface area contributed by atoms with Gasteiger partial charge in [0, 0.05) is 0 Å². The summed E-state index contributed by atoms with van der Waals surface area (Å²) in [6, 6.07) is 8.76. The van der Waals surface area contributed by atoms with Gasteiger partial charge in [-0.2, -0.15) is 0 Å². The van der Waals surface area contributed by atoms with Crippen LogP contribution in [0.15, 0.2) is 52.1 Å². The number of para-hydroxylation sites is 1. The van der Waals surface area contributed by atoms with E-state index in [0.717, 1.165) is 0 Å². The number of fused-ring (bicyclic) bond motifs is 1. The van der Waals surface area contributed by atoms with Crippen molar-refractivity contribution in [1.29, 1.82) is 0 Å². The first-order chi connectivity index (χ1) is 12.2. The van der Waals surface area contributed by atoms with E-state index in [9.17, 15) is 9.59 Å². The Morgan fingerprint density at radius 1 is 0.880 bits per heavy atom. The normalized spacial score (nSPS) is 43.8. The van der Waals surface area contributed by atoms with Crippen molar-refractivity contribution < 1.29 is 9.47 Å². The van der Waals surface area contributed by atoms with E-state index in [4.69, 9.17) is 9.47 Å². The average Bonchev–Trinajstić information content (AvgIpc) is 3.21. The minimum Gasteiger partial charge on any atom is -0.380 e. The Labute approximate surface area is 141 Å². The van der Waals surface area contributed by atoms with E-state index in [1.807, 2.05) is 18.2 Å². The maximum absolute atomic E-state index is 13.2. The number of allylic oxidation sites excluding steroid dienone is 2. The lowest BCUT2D eigenvalue weighted by molar-refractivity contribution is -0.102. The molecule has 5 heterocycles. The van der Waals surface area contributed by atoms with Crippen molar-refractivity contribution in [1.82, 2.24) is 13.9 Å². The molecule has 6 atom stereocenters. The van der Waals surface area contributed by atoms with Crippen molar-refractivity contribution in [3.05, 3.63) is 63.5 Å². The van der Waals surface area contributed by atoms with Crippen LogP contribution in [0.1, 0.15) is 12.1 Å². The first-order valence-electron chi connectivity index (χ1n) is 8.65. The first-order valence-corrected chi connectivity index (χ1v) is 8.65. The molecule has 0 unspecified atom stereocenters. The van der Waals surface area contributed by atoms with Crippen molar-refractivity contribution in [3.8, 4) is 5.69 Å². The fraction of sp³-hybridized carbons (Fsp3) is 0.444. The van der Waals surface area contributed by atoms with Crippen molar-refractivity contribution in [3.63, 3.8) is 0 Å². The second-order valence-corrected chi connectivity index (χ2v) is 7.75. The van der Waals surface area contributed by atoms with E-state index in [1.165, 1.54) is 4.57 Å². The Hall–Kier alpha value is -2.38. The van der Waals surface area contributed by atoms with Gasteiger partial charge in [-0.05, 0) is 12.1 Å². The molecule has 2 bridgehead atoms. The van der Waals surface area contributed by atoms with Gasteiger partial charge in [0.15, 0.2) is 0 Å². The summed E-state index contributed by atoms with van der Waals surface area (Å²) >= 11 is 0. The van der Waals surface area contributed by atoms with E-state index in [0.29, 0.717) is 18.9 Å². The Bertz CT molecular complexity index is 1030. The van der Waals surface area contributed by atoms with Gasteiger partial charge in [-0.15, -0.1) is 0 Å². The second-order valence-electron chi connectivity index (χ2n) is 7.75. The maximum Gasteiger partial charge on any atom is 0.352 e. The van der Waals surface area contributed by atoms with E-state index < -0.39 is 0 Å². The Kier molecular flexibility index (Phi) is 1.85. The molecule has 2 aliphatic carbocycles. The average molecular weight is 337 g/mol. The van der Waals surface area contributed by atoms with Crippen LogP contribution in [0, 0.1) is 10.8 Å². The van der Waals surface area contributed by atoms with E-state index in [1.54, 1.807) is 21.5 Å². The van der Waals surface area contributed by atoms with E-state index in [2.05, 4.69) is 12.2 Å². The molecule has 7 nitrogen and oxygen atoms in total. The topological polar surface area (TPSA) is 70.7 Å². The number of rotatable bonds is 1. The summed E-state index contributed by atoms with van der Waals surface area (Å²) in [6.07, 6.45) is 4.46. The van der Waals surface area contributed by atoms with Crippen LogP contribution in [0.2, 0.25) is 0 Å². The molecule has 0 N–H and O–H groups in total. The van der Waals surface area contributed by atoms with E-state index >= 15 is 0 Å². The Balaban J connectivity index is 1.56. The zero-order chi connectivity index (χ0) is 16.6. The molecule has 1 saturated carbocycles. The highest BCUT2D eigenvalue weighted by Crippen LogP contribution is 2.81. The predicted molar refractivity (Wildman–Crippen MR) is 85.8 cm³/mol. The SMILES string of the molecule is O=c1n(-c2ccccc2)c(=O)n2n1[C@H]1C=C[C@@H]2[C@@]23COC[C@@]12[C@@H]1O[C@@H]13. The number of epoxide rings is 1. The smallest absolute Gasteiger partial charge is 0.352 e. The van der Waals surface area contributed by atoms with Crippen LogP contribution in [0.3, 0.4) is 0 Å². The lowest BCUT2D eigenvalue weighted by Crippen LogP contribution is -2.71. The van der Waals surface area contributed by atoms with Crippen LogP contribution < -0.4 is 11.4 Å². The molecule has 1 aromatic carbocycles. The third-order valence-corrected chi connectivity index (χ3v) is 7.13. The molecule has 0 amide bonds. The molecule has 0 radical (unpaired) electrons. The first kappa shape index (κ1) is 12.9. The molecule has 8 rings (SSSR count). The van der Waals surface area contributed by atoms with Gasteiger partial charge in [-0.25, -0.2) is 23.5 Å². The van der Waals surface area contributed by atoms with Gasteiger partial charge < -0.3 is 9.47 Å². The summed E-state index contributed by atoms with van der Waals surface area (Å²) in [5.41, 5.74) is -0.354. The van der Waals surface area contributed by atoms with Crippen LogP contribution >= 0.6 is 0 Å². The lowest BCUT2D eigenvalue weighted by Gasteiger charge is -2.61. The Morgan fingerprint density at radius 3 is 2.00 bits per heavy atom. The van der Waals surface area contributed by atoms with Crippen LogP contribution in [0.4, 0.5) is 0 Å². The molecule has 2 saturated heterocycles. The van der Waals surface area contributed by atoms with Gasteiger partial charge in [-0.1, -0.05) is 30.4 Å². The number of nitrogens with zero attached hydrogens (tertiary/aromatic N) is 3. The standard InChI is InChI=1S/C18H15N3O4/c22-15-19(10-4-2-1-3-5-10)16(23)21-12-7-6-11(20(15)21)17-8-24-9-18(12,17)14-13(17)25-14/h1-7,11-14H,8-9H2/t11-,12+,13+,14-,17-,18+. The number of aromatic nitrogens is 3. The van der Waals surface area contributed by atoms with Crippen LogP contribution in [0.5, 0.6) is 0 Å². The molecule has 0 spiro atoms. The quantitative estimate of drug-likeness (QED) is 0.552. The van der Waals surface area contributed by atoms with Crippen molar-refractivity contribution in [2.75, 3.05) is 13.2 Å². The van der Waals surface area contributed by atoms with Gasteiger partial charge in [0.1, 0.15) is 0 Å². The lowest BCUT2D eigenvalue weighted by atomic mass is 9.43. The van der Waals surface area contributed by atoms with Crippen molar-refractivity contribution in [2.45, 2.75) is 24.3 Å². The molecule has 4 aliphatic heterocycles. The van der Waals surface area contributed by atoms with Gasteiger partial charge >= 0.3 is 11.4 Å².